The van der Waals surface area contributed by atoms with Gasteiger partial charge in [0.15, 0.2) is 0 Å². The number of amides is 1. The molecular weight excluding hydrogens is 395 g/mol. The van der Waals surface area contributed by atoms with Crippen molar-refractivity contribution in [3.63, 3.8) is 0 Å². The fourth-order valence-corrected chi connectivity index (χ4v) is 4.83. The summed E-state index contributed by atoms with van der Waals surface area (Å²) in [5.41, 5.74) is 6.06. The fourth-order valence-electron chi connectivity index (χ4n) is 2.08. The summed E-state index contributed by atoms with van der Waals surface area (Å²) in [6.07, 6.45) is 0.0955. The van der Waals surface area contributed by atoms with Gasteiger partial charge in [0.25, 0.3) is 0 Å². The number of carbonyl (C=O) groups is 1. The maximum absolute atomic E-state index is 12.6. The highest BCUT2D eigenvalue weighted by Gasteiger charge is 2.28. The van der Waals surface area contributed by atoms with Gasteiger partial charge in [-0.1, -0.05) is 65.1 Å². The molecule has 0 saturated heterocycles. The lowest BCUT2D eigenvalue weighted by Crippen LogP contribution is -2.45. The number of nitrogens with one attached hydrogen (secondary N) is 1. The van der Waals surface area contributed by atoms with Crippen molar-refractivity contribution in [2.45, 2.75) is 17.4 Å². The molecule has 0 spiro atoms. The minimum absolute atomic E-state index is 0.0955. The lowest BCUT2D eigenvalue weighted by molar-refractivity contribution is -0.119. The molecule has 0 aliphatic heterocycles. The number of hydrogen-bond donors (Lipinski definition) is 2. The number of carbonyl (C=O) groups excluding carboxylic acids is 1. The maximum Gasteiger partial charge on any atom is 0.244 e. The first-order chi connectivity index (χ1) is 11.2. The van der Waals surface area contributed by atoms with Crippen LogP contribution in [0.15, 0.2) is 47.4 Å². The molecule has 9 heteroatoms. The SMILES string of the molecule is NC(=O)C(Cc1ccccc1)NS(=O)(=O)c1c(Cl)cc(Cl)cc1Cl. The molecule has 3 N–H and O–H groups in total. The molecular formula is C15H13Cl3N2O3S. The smallest absolute Gasteiger partial charge is 0.244 e. The van der Waals surface area contributed by atoms with Gasteiger partial charge in [-0.15, -0.1) is 0 Å². The maximum atomic E-state index is 12.6. The van der Waals surface area contributed by atoms with E-state index in [1.807, 2.05) is 0 Å². The average Bonchev–Trinajstić information content (AvgIpc) is 2.45. The largest absolute Gasteiger partial charge is 0.368 e. The Balaban J connectivity index is 2.33. The van der Waals surface area contributed by atoms with Crippen LogP contribution in [0.3, 0.4) is 0 Å². The first kappa shape index (κ1) is 19.0. The molecule has 2 aromatic carbocycles. The highest BCUT2D eigenvalue weighted by molar-refractivity contribution is 7.89. The molecule has 0 bridgehead atoms. The number of benzene rings is 2. The van der Waals surface area contributed by atoms with Crippen LogP contribution < -0.4 is 10.5 Å². The predicted octanol–water partition coefficient (Wildman–Crippen LogP) is 3.02. The molecule has 2 aromatic rings. The van der Waals surface area contributed by atoms with Crippen LogP contribution in [-0.4, -0.2) is 20.4 Å². The first-order valence-corrected chi connectivity index (χ1v) is 9.32. The van der Waals surface area contributed by atoms with E-state index in [-0.39, 0.29) is 26.4 Å². The Bertz CT molecular complexity index is 835. The number of primary amides is 1. The summed E-state index contributed by atoms with van der Waals surface area (Å²) in [7, 11) is -4.18. The van der Waals surface area contributed by atoms with E-state index in [4.69, 9.17) is 40.5 Å². The highest BCUT2D eigenvalue weighted by atomic mass is 35.5. The second-order valence-electron chi connectivity index (χ2n) is 4.96. The molecule has 2 rings (SSSR count). The molecule has 1 atom stereocenters. The Hall–Kier alpha value is -1.31. The normalized spacial score (nSPS) is 12.8. The van der Waals surface area contributed by atoms with Crippen LogP contribution in [0.5, 0.6) is 0 Å². The first-order valence-electron chi connectivity index (χ1n) is 6.71. The van der Waals surface area contributed by atoms with Crippen molar-refractivity contribution in [3.05, 3.63) is 63.1 Å². The van der Waals surface area contributed by atoms with Gasteiger partial charge in [0.2, 0.25) is 15.9 Å². The van der Waals surface area contributed by atoms with Crippen LogP contribution in [0, 0.1) is 0 Å². The molecule has 0 saturated carbocycles. The van der Waals surface area contributed by atoms with E-state index in [1.54, 1.807) is 30.3 Å². The van der Waals surface area contributed by atoms with Crippen LogP contribution in [0.2, 0.25) is 15.1 Å². The molecule has 1 unspecified atom stereocenters. The van der Waals surface area contributed by atoms with Gasteiger partial charge in [0, 0.05) is 5.02 Å². The quantitative estimate of drug-likeness (QED) is 0.771. The molecule has 24 heavy (non-hydrogen) atoms. The van der Waals surface area contributed by atoms with Gasteiger partial charge in [0.1, 0.15) is 10.9 Å². The predicted molar refractivity (Wildman–Crippen MR) is 94.9 cm³/mol. The average molecular weight is 408 g/mol. The van der Waals surface area contributed by atoms with Gasteiger partial charge in [0.05, 0.1) is 10.0 Å². The number of sulfonamides is 1. The van der Waals surface area contributed by atoms with Crippen molar-refractivity contribution >= 4 is 50.7 Å². The van der Waals surface area contributed by atoms with Crippen LogP contribution in [-0.2, 0) is 21.2 Å². The van der Waals surface area contributed by atoms with Crippen LogP contribution in [0.4, 0.5) is 0 Å². The summed E-state index contributed by atoms with van der Waals surface area (Å²) >= 11 is 17.7. The third kappa shape index (κ3) is 4.62. The zero-order valence-corrected chi connectivity index (χ0v) is 15.3. The summed E-state index contributed by atoms with van der Waals surface area (Å²) in [6.45, 7) is 0. The van der Waals surface area contributed by atoms with Crippen molar-refractivity contribution in [2.24, 2.45) is 5.73 Å². The molecule has 0 radical (unpaired) electrons. The molecule has 1 amide bonds. The number of halogens is 3. The van der Waals surface area contributed by atoms with E-state index in [0.29, 0.717) is 0 Å². The fraction of sp³-hybridized carbons (Fsp3) is 0.133. The van der Waals surface area contributed by atoms with E-state index >= 15 is 0 Å². The second kappa shape index (κ2) is 7.72. The topological polar surface area (TPSA) is 89.3 Å². The molecule has 0 aliphatic carbocycles. The Labute approximate surface area is 154 Å². The molecule has 0 fully saturated rings. The van der Waals surface area contributed by atoms with Crippen LogP contribution in [0.25, 0.3) is 0 Å². The molecule has 5 nitrogen and oxygen atoms in total. The van der Waals surface area contributed by atoms with Crippen molar-refractivity contribution < 1.29 is 13.2 Å². The zero-order chi connectivity index (χ0) is 17.9. The second-order valence-corrected chi connectivity index (χ2v) is 7.87. The van der Waals surface area contributed by atoms with Gasteiger partial charge in [-0.2, -0.15) is 4.72 Å². The summed E-state index contributed by atoms with van der Waals surface area (Å²) in [4.78, 5) is 11.3. The standard InChI is InChI=1S/C15H13Cl3N2O3S/c16-10-7-11(17)14(12(18)8-10)24(22,23)20-13(15(19)21)6-9-4-2-1-3-5-9/h1-5,7-8,13,20H,6H2,(H2,19,21). The third-order valence-electron chi connectivity index (χ3n) is 3.16. The molecule has 0 aromatic heterocycles. The summed E-state index contributed by atoms with van der Waals surface area (Å²) in [5, 5.41) is -0.106. The van der Waals surface area contributed by atoms with Crippen LogP contribution in [0.1, 0.15) is 5.56 Å². The molecule has 128 valence electrons. The summed E-state index contributed by atoms with van der Waals surface area (Å²) in [5.74, 6) is -0.816. The van der Waals surface area contributed by atoms with Crippen molar-refractivity contribution in [1.29, 1.82) is 0 Å². The lowest BCUT2D eigenvalue weighted by Gasteiger charge is -2.17. The third-order valence-corrected chi connectivity index (χ3v) is 5.77. The van der Waals surface area contributed by atoms with Gasteiger partial charge in [-0.25, -0.2) is 8.42 Å². The molecule has 0 heterocycles. The molecule has 0 aliphatic rings. The van der Waals surface area contributed by atoms with Gasteiger partial charge in [-0.3, -0.25) is 4.79 Å². The Morgan fingerprint density at radius 3 is 2.12 bits per heavy atom. The number of hydrogen-bond acceptors (Lipinski definition) is 3. The van der Waals surface area contributed by atoms with E-state index in [0.717, 1.165) is 5.56 Å². The van der Waals surface area contributed by atoms with E-state index in [2.05, 4.69) is 4.72 Å². The summed E-state index contributed by atoms with van der Waals surface area (Å²) in [6, 6.07) is 10.2. The Kier molecular flexibility index (Phi) is 6.11. The van der Waals surface area contributed by atoms with Crippen LogP contribution >= 0.6 is 34.8 Å². The van der Waals surface area contributed by atoms with Crippen molar-refractivity contribution in [3.8, 4) is 0 Å². The van der Waals surface area contributed by atoms with E-state index < -0.39 is 22.0 Å². The number of nitrogens with two attached hydrogens (primary N) is 1. The van der Waals surface area contributed by atoms with E-state index in [9.17, 15) is 13.2 Å². The van der Waals surface area contributed by atoms with E-state index in [1.165, 1.54) is 12.1 Å². The zero-order valence-electron chi connectivity index (χ0n) is 12.2. The Morgan fingerprint density at radius 1 is 1.08 bits per heavy atom. The van der Waals surface area contributed by atoms with Gasteiger partial charge < -0.3 is 5.73 Å². The lowest BCUT2D eigenvalue weighted by atomic mass is 10.1. The highest BCUT2D eigenvalue weighted by Crippen LogP contribution is 2.32. The van der Waals surface area contributed by atoms with Crippen molar-refractivity contribution in [1.82, 2.24) is 4.72 Å². The van der Waals surface area contributed by atoms with Gasteiger partial charge in [-0.05, 0) is 24.1 Å². The monoisotopic (exact) mass is 406 g/mol. The summed E-state index contributed by atoms with van der Waals surface area (Å²) < 4.78 is 27.4. The number of rotatable bonds is 6. The van der Waals surface area contributed by atoms with Gasteiger partial charge >= 0.3 is 0 Å². The van der Waals surface area contributed by atoms with Crippen molar-refractivity contribution in [2.75, 3.05) is 0 Å². The minimum Gasteiger partial charge on any atom is -0.368 e. The Morgan fingerprint density at radius 2 is 1.62 bits per heavy atom. The minimum atomic E-state index is -4.18.